The molecule has 0 amide bonds. The fraction of sp³-hybridized carbons (Fsp3) is 0.250. The van der Waals surface area contributed by atoms with Gasteiger partial charge in [-0.15, -0.1) is 11.8 Å². The first kappa shape index (κ1) is 6.85. The lowest BCUT2D eigenvalue weighted by Gasteiger charge is -2.11. The Bertz CT molecular complexity index is 298. The Hall–Kier alpha value is -0.830. The van der Waals surface area contributed by atoms with Crippen LogP contribution in [0.2, 0.25) is 0 Å². The average Bonchev–Trinajstić information content (AvgIpc) is 2.06. The fourth-order valence-electron chi connectivity index (χ4n) is 1.13. The van der Waals surface area contributed by atoms with Crippen molar-refractivity contribution in [2.24, 2.45) is 0 Å². The maximum atomic E-state index is 11.2. The van der Waals surface area contributed by atoms with Crippen molar-refractivity contribution in [2.45, 2.75) is 5.75 Å². The molecule has 2 rings (SSSR count). The zero-order valence-corrected chi connectivity index (χ0v) is 6.73. The summed E-state index contributed by atoms with van der Waals surface area (Å²) >= 11 is 1.63. The van der Waals surface area contributed by atoms with Crippen molar-refractivity contribution in [3.8, 4) is 0 Å². The number of carbonyl (C=O) groups is 1. The van der Waals surface area contributed by atoms with Crippen LogP contribution in [-0.2, 0) is 5.75 Å². The number of Topliss-reactive ketones (excluding diaryl/α,β-unsaturated/α-hetero) is 1. The predicted octanol–water partition coefficient (Wildman–Crippen LogP) is 1.51. The lowest BCUT2D eigenvalue weighted by atomic mass is 10.1. The van der Waals surface area contributed by atoms with E-state index in [2.05, 4.69) is 4.98 Å². The molecule has 0 unspecified atom stereocenters. The maximum absolute atomic E-state index is 11.2. The van der Waals surface area contributed by atoms with Crippen molar-refractivity contribution in [3.05, 3.63) is 29.6 Å². The van der Waals surface area contributed by atoms with Gasteiger partial charge in [-0.3, -0.25) is 9.78 Å². The third kappa shape index (κ3) is 1.16. The van der Waals surface area contributed by atoms with Crippen molar-refractivity contribution >= 4 is 17.5 Å². The largest absolute Gasteiger partial charge is 0.293 e. The lowest BCUT2D eigenvalue weighted by molar-refractivity contribution is 0.102. The van der Waals surface area contributed by atoms with Gasteiger partial charge in [-0.05, 0) is 12.1 Å². The molecule has 1 aliphatic heterocycles. The van der Waals surface area contributed by atoms with Gasteiger partial charge in [0.15, 0.2) is 5.78 Å². The third-order valence-electron chi connectivity index (χ3n) is 1.66. The highest BCUT2D eigenvalue weighted by atomic mass is 32.2. The molecule has 1 aliphatic rings. The Morgan fingerprint density at radius 1 is 1.45 bits per heavy atom. The normalized spacial score (nSPS) is 16.2. The number of ketones is 1. The zero-order chi connectivity index (χ0) is 7.68. The first-order valence-electron chi connectivity index (χ1n) is 3.43. The Kier molecular flexibility index (Phi) is 1.66. The summed E-state index contributed by atoms with van der Waals surface area (Å²) in [4.78, 5) is 15.4. The number of carbonyl (C=O) groups excluding carboxylic acids is 1. The van der Waals surface area contributed by atoms with Gasteiger partial charge in [-0.25, -0.2) is 0 Å². The molecule has 2 heterocycles. The Morgan fingerprint density at radius 2 is 2.36 bits per heavy atom. The predicted molar refractivity (Wildman–Crippen MR) is 44.7 cm³/mol. The van der Waals surface area contributed by atoms with Crippen molar-refractivity contribution < 1.29 is 4.79 Å². The number of hydrogen-bond acceptors (Lipinski definition) is 3. The first-order chi connectivity index (χ1) is 5.38. The van der Waals surface area contributed by atoms with E-state index < -0.39 is 0 Å². The number of fused-ring (bicyclic) bond motifs is 1. The third-order valence-corrected chi connectivity index (χ3v) is 2.61. The van der Waals surface area contributed by atoms with E-state index in [0.717, 1.165) is 17.0 Å². The van der Waals surface area contributed by atoms with Gasteiger partial charge in [0.1, 0.15) is 0 Å². The Labute approximate surface area is 69.0 Å². The highest BCUT2D eigenvalue weighted by Gasteiger charge is 2.16. The quantitative estimate of drug-likeness (QED) is 0.583. The molecule has 0 aliphatic carbocycles. The topological polar surface area (TPSA) is 30.0 Å². The molecular formula is C8H7NOS. The highest BCUT2D eigenvalue weighted by molar-refractivity contribution is 7.99. The highest BCUT2D eigenvalue weighted by Crippen LogP contribution is 2.21. The van der Waals surface area contributed by atoms with E-state index in [4.69, 9.17) is 0 Å². The van der Waals surface area contributed by atoms with Crippen LogP contribution >= 0.6 is 11.8 Å². The number of hydrogen-bond donors (Lipinski definition) is 0. The fourth-order valence-corrected chi connectivity index (χ4v) is 1.99. The number of aromatic nitrogens is 1. The van der Waals surface area contributed by atoms with Gasteiger partial charge >= 0.3 is 0 Å². The summed E-state index contributed by atoms with van der Waals surface area (Å²) in [5.74, 6) is 1.70. The van der Waals surface area contributed by atoms with Crippen LogP contribution in [0.25, 0.3) is 0 Å². The summed E-state index contributed by atoms with van der Waals surface area (Å²) in [5, 5.41) is 0. The van der Waals surface area contributed by atoms with Crippen molar-refractivity contribution in [3.63, 3.8) is 0 Å². The van der Waals surface area contributed by atoms with E-state index in [9.17, 15) is 4.79 Å². The second-order valence-electron chi connectivity index (χ2n) is 2.41. The second kappa shape index (κ2) is 2.66. The molecule has 2 nitrogen and oxygen atoms in total. The van der Waals surface area contributed by atoms with Gasteiger partial charge in [-0.2, -0.15) is 0 Å². The van der Waals surface area contributed by atoms with E-state index in [1.807, 2.05) is 12.1 Å². The summed E-state index contributed by atoms with van der Waals surface area (Å²) in [6, 6.07) is 3.66. The molecule has 0 aromatic carbocycles. The summed E-state index contributed by atoms with van der Waals surface area (Å²) in [6.07, 6.45) is 1.73. The van der Waals surface area contributed by atoms with Crippen molar-refractivity contribution in [1.82, 2.24) is 4.98 Å². The zero-order valence-electron chi connectivity index (χ0n) is 5.91. The van der Waals surface area contributed by atoms with E-state index >= 15 is 0 Å². The second-order valence-corrected chi connectivity index (χ2v) is 3.40. The van der Waals surface area contributed by atoms with E-state index in [1.165, 1.54) is 0 Å². The molecule has 1 aromatic rings. The van der Waals surface area contributed by atoms with Gasteiger partial charge < -0.3 is 0 Å². The molecular weight excluding hydrogens is 158 g/mol. The average molecular weight is 165 g/mol. The van der Waals surface area contributed by atoms with Crippen LogP contribution in [0.15, 0.2) is 18.3 Å². The van der Waals surface area contributed by atoms with Gasteiger partial charge in [0.05, 0.1) is 11.4 Å². The monoisotopic (exact) mass is 165 g/mol. The summed E-state index contributed by atoms with van der Waals surface area (Å²) in [6.45, 7) is 0. The molecule has 3 heteroatoms. The SMILES string of the molecule is O=C1CSCc2ncccc21. The molecule has 0 saturated heterocycles. The number of thioether (sulfide) groups is 1. The molecule has 0 bridgehead atoms. The van der Waals surface area contributed by atoms with E-state index in [-0.39, 0.29) is 5.78 Å². The van der Waals surface area contributed by atoms with Gasteiger partial charge in [0, 0.05) is 17.5 Å². The minimum atomic E-state index is 0.212. The Morgan fingerprint density at radius 3 is 3.18 bits per heavy atom. The minimum Gasteiger partial charge on any atom is -0.293 e. The molecule has 0 radical (unpaired) electrons. The van der Waals surface area contributed by atoms with E-state index in [1.54, 1.807) is 18.0 Å². The smallest absolute Gasteiger partial charge is 0.174 e. The van der Waals surface area contributed by atoms with E-state index in [0.29, 0.717) is 5.75 Å². The number of rotatable bonds is 0. The molecule has 0 fully saturated rings. The summed E-state index contributed by atoms with van der Waals surface area (Å²) in [5.41, 5.74) is 1.75. The van der Waals surface area contributed by atoms with Gasteiger partial charge in [0.25, 0.3) is 0 Å². The molecule has 0 spiro atoms. The van der Waals surface area contributed by atoms with Gasteiger partial charge in [-0.1, -0.05) is 0 Å². The summed E-state index contributed by atoms with van der Waals surface area (Å²) < 4.78 is 0. The minimum absolute atomic E-state index is 0.212. The van der Waals surface area contributed by atoms with Crippen LogP contribution in [0, 0.1) is 0 Å². The van der Waals surface area contributed by atoms with Crippen LogP contribution in [0.5, 0.6) is 0 Å². The van der Waals surface area contributed by atoms with Gasteiger partial charge in [0.2, 0.25) is 0 Å². The Balaban J connectivity index is 2.52. The van der Waals surface area contributed by atoms with Crippen LogP contribution in [0.4, 0.5) is 0 Å². The lowest BCUT2D eigenvalue weighted by Crippen LogP contribution is -2.12. The van der Waals surface area contributed by atoms with Crippen LogP contribution in [-0.4, -0.2) is 16.5 Å². The van der Waals surface area contributed by atoms with Crippen LogP contribution in [0.1, 0.15) is 16.1 Å². The maximum Gasteiger partial charge on any atom is 0.174 e. The molecule has 1 aromatic heterocycles. The summed E-state index contributed by atoms with van der Waals surface area (Å²) in [7, 11) is 0. The number of nitrogens with zero attached hydrogens (tertiary/aromatic N) is 1. The molecule has 56 valence electrons. The molecule has 0 N–H and O–H groups in total. The first-order valence-corrected chi connectivity index (χ1v) is 4.58. The molecule has 0 saturated carbocycles. The molecule has 11 heavy (non-hydrogen) atoms. The standard InChI is InChI=1S/C8H7NOS/c10-8-5-11-4-7-6(8)2-1-3-9-7/h1-3H,4-5H2. The van der Waals surface area contributed by atoms with Crippen LogP contribution < -0.4 is 0 Å². The molecule has 0 atom stereocenters. The van der Waals surface area contributed by atoms with Crippen LogP contribution in [0.3, 0.4) is 0 Å². The number of pyridine rings is 1. The van der Waals surface area contributed by atoms with Crippen molar-refractivity contribution in [2.75, 3.05) is 5.75 Å². The van der Waals surface area contributed by atoms with Crippen molar-refractivity contribution in [1.29, 1.82) is 0 Å².